The van der Waals surface area contributed by atoms with Crippen molar-refractivity contribution in [1.82, 2.24) is 0 Å². The van der Waals surface area contributed by atoms with Crippen LogP contribution in [0.15, 0.2) is 0 Å². The van der Waals surface area contributed by atoms with E-state index in [1.165, 1.54) is 0 Å². The fraction of sp³-hybridized carbons (Fsp3) is 0.667. The van der Waals surface area contributed by atoms with Crippen molar-refractivity contribution in [3.63, 3.8) is 0 Å². The molecule has 0 radical (unpaired) electrons. The van der Waals surface area contributed by atoms with E-state index in [1.807, 2.05) is 6.92 Å². The van der Waals surface area contributed by atoms with E-state index < -0.39 is 8.07 Å². The fourth-order valence-corrected chi connectivity index (χ4v) is 1.12. The molecule has 0 aromatic heterocycles. The van der Waals surface area contributed by atoms with Crippen LogP contribution in [0.2, 0.25) is 19.6 Å². The average molecular weight is 323 g/mol. The summed E-state index contributed by atoms with van der Waals surface area (Å²) < 4.78 is 0. The summed E-state index contributed by atoms with van der Waals surface area (Å²) in [7, 11) is -1.02. The molecule has 2 heteroatoms. The first-order valence-corrected chi connectivity index (χ1v) is 6.00. The average Bonchev–Trinajstić information content (AvgIpc) is 1.30. The predicted octanol–water partition coefficient (Wildman–Crippen LogP) is 0.971. The number of rotatable bonds is 0. The summed E-state index contributed by atoms with van der Waals surface area (Å²) in [5.41, 5.74) is 3.17. The molecule has 0 aliphatic heterocycles. The van der Waals surface area contributed by atoms with Gasteiger partial charge in [0.1, 0.15) is 8.07 Å². The Morgan fingerprint density at radius 3 is 1.50 bits per heavy atom. The van der Waals surface area contributed by atoms with Gasteiger partial charge in [0.05, 0.1) is 0 Å². The van der Waals surface area contributed by atoms with Crippen molar-refractivity contribution >= 4 is 34.6 Å². The maximum atomic E-state index is 3.17. The minimum absolute atomic E-state index is 0. The van der Waals surface area contributed by atoms with E-state index in [0.717, 1.165) is 0 Å². The van der Waals surface area contributed by atoms with Gasteiger partial charge in [-0.25, -0.2) is 0 Å². The Bertz CT molecular complexity index is 102. The molecule has 48 valence electrons. The minimum atomic E-state index is -1.02. The van der Waals surface area contributed by atoms with Gasteiger partial charge in [-0.15, -0.1) is 11.5 Å². The second-order valence-electron chi connectivity index (χ2n) is 2.62. The van der Waals surface area contributed by atoms with Gasteiger partial charge in [-0.05, 0) is 6.92 Å². The molecule has 0 N–H and O–H groups in total. The molecule has 0 aliphatic rings. The van der Waals surface area contributed by atoms with Crippen molar-refractivity contribution < 1.29 is 0 Å². The van der Waals surface area contributed by atoms with Gasteiger partial charge in [0.2, 0.25) is 0 Å². The van der Waals surface area contributed by atoms with Gasteiger partial charge in [0.15, 0.2) is 0 Å². The Kier molecular flexibility index (Phi) is 6.51. The SMILES string of the molecule is CC#C[Si](C)(C)C.[PoH2]. The zero-order valence-electron chi connectivity index (χ0n) is 6.00. The van der Waals surface area contributed by atoms with Crippen LogP contribution in [0.5, 0.6) is 0 Å². The van der Waals surface area contributed by atoms with Crippen LogP contribution in [-0.2, 0) is 0 Å². The molecule has 0 rings (SSSR count). The van der Waals surface area contributed by atoms with E-state index in [2.05, 4.69) is 31.1 Å². The van der Waals surface area contributed by atoms with Gasteiger partial charge in [0, 0.05) is 0 Å². The zero-order chi connectivity index (χ0) is 5.91. The van der Waals surface area contributed by atoms with Crippen LogP contribution in [0.4, 0.5) is 0 Å². The molecular weight excluding hydrogens is 309 g/mol. The van der Waals surface area contributed by atoms with Crippen LogP contribution in [-0.4, -0.2) is 34.6 Å². The van der Waals surface area contributed by atoms with Gasteiger partial charge in [-0.1, -0.05) is 19.6 Å². The third-order valence-corrected chi connectivity index (χ3v) is 1.50. The molecule has 8 heavy (non-hydrogen) atoms. The quantitative estimate of drug-likeness (QED) is 0.460. The van der Waals surface area contributed by atoms with E-state index in [9.17, 15) is 0 Å². The molecular formula is C6H14PoSi. The summed E-state index contributed by atoms with van der Waals surface area (Å²) >= 11 is 0. The monoisotopic (exact) mass is 323 g/mol. The van der Waals surface area contributed by atoms with Gasteiger partial charge >= 0.3 is 26.6 Å². The van der Waals surface area contributed by atoms with Crippen molar-refractivity contribution in [3.8, 4) is 11.5 Å². The second-order valence-corrected chi connectivity index (χ2v) is 7.38. The van der Waals surface area contributed by atoms with Crippen LogP contribution in [0.3, 0.4) is 0 Å². The normalized spacial score (nSPS) is 8.50. The van der Waals surface area contributed by atoms with Crippen LogP contribution in [0, 0.1) is 11.5 Å². The Hall–Kier alpha value is 0.673. The van der Waals surface area contributed by atoms with E-state index >= 15 is 0 Å². The summed E-state index contributed by atoms with van der Waals surface area (Å²) in [5.74, 6) is 2.92. The molecule has 0 atom stereocenters. The predicted molar refractivity (Wildman–Crippen MR) is 45.3 cm³/mol. The number of hydrogen-bond donors (Lipinski definition) is 0. The number of hydrogen-bond acceptors (Lipinski definition) is 0. The summed E-state index contributed by atoms with van der Waals surface area (Å²) in [6.45, 7) is 8.62. The first kappa shape index (κ1) is 11.5. The third-order valence-electron chi connectivity index (χ3n) is 0.500. The van der Waals surface area contributed by atoms with Crippen LogP contribution in [0.25, 0.3) is 0 Å². The van der Waals surface area contributed by atoms with E-state index in [0.29, 0.717) is 0 Å². The molecule has 0 unspecified atom stereocenters. The van der Waals surface area contributed by atoms with E-state index in [1.54, 1.807) is 0 Å². The van der Waals surface area contributed by atoms with Gasteiger partial charge in [-0.3, -0.25) is 0 Å². The molecule has 0 amide bonds. The summed E-state index contributed by atoms with van der Waals surface area (Å²) in [6.07, 6.45) is 0. The molecule has 0 aromatic carbocycles. The van der Waals surface area contributed by atoms with Crippen molar-refractivity contribution in [2.45, 2.75) is 26.6 Å². The Morgan fingerprint density at radius 2 is 1.50 bits per heavy atom. The molecule has 0 nitrogen and oxygen atoms in total. The Labute approximate surface area is 72.5 Å². The van der Waals surface area contributed by atoms with E-state index in [-0.39, 0.29) is 26.6 Å². The van der Waals surface area contributed by atoms with Gasteiger partial charge < -0.3 is 0 Å². The van der Waals surface area contributed by atoms with Gasteiger partial charge in [-0.2, -0.15) is 0 Å². The molecule has 0 saturated carbocycles. The van der Waals surface area contributed by atoms with Crippen LogP contribution in [0.1, 0.15) is 6.92 Å². The van der Waals surface area contributed by atoms with Crippen molar-refractivity contribution in [1.29, 1.82) is 0 Å². The third kappa shape index (κ3) is 9.83. The van der Waals surface area contributed by atoms with E-state index in [4.69, 9.17) is 0 Å². The molecule has 0 fully saturated rings. The molecule has 0 spiro atoms. The molecule has 0 aliphatic carbocycles. The van der Waals surface area contributed by atoms with Crippen LogP contribution >= 0.6 is 0 Å². The molecule has 0 saturated heterocycles. The first-order chi connectivity index (χ1) is 3.06. The van der Waals surface area contributed by atoms with Crippen molar-refractivity contribution in [2.24, 2.45) is 0 Å². The van der Waals surface area contributed by atoms with Crippen molar-refractivity contribution in [2.75, 3.05) is 0 Å². The topological polar surface area (TPSA) is 0 Å². The van der Waals surface area contributed by atoms with Gasteiger partial charge in [0.25, 0.3) is 0 Å². The summed E-state index contributed by atoms with van der Waals surface area (Å²) in [5, 5.41) is 0. The maximum absolute atomic E-state index is 3.17. The Morgan fingerprint density at radius 1 is 1.12 bits per heavy atom. The molecule has 0 aromatic rings. The molecule has 0 heterocycles. The summed E-state index contributed by atoms with van der Waals surface area (Å²) in [6, 6.07) is 0. The zero-order valence-corrected chi connectivity index (χ0v) is 10.9. The Balaban J connectivity index is 0. The summed E-state index contributed by atoms with van der Waals surface area (Å²) in [4.78, 5) is 0. The standard InChI is InChI=1S/C6H12Si.Po.2H/c1-5-6-7(2,3)4;;;/h1-4H3;;;. The fourth-order valence-electron chi connectivity index (χ4n) is 0.375. The van der Waals surface area contributed by atoms with Crippen molar-refractivity contribution in [3.05, 3.63) is 0 Å². The molecule has 0 bridgehead atoms. The first-order valence-electron chi connectivity index (χ1n) is 2.50. The van der Waals surface area contributed by atoms with Crippen LogP contribution < -0.4 is 0 Å². The second kappa shape index (κ2) is 4.54.